The molecule has 2 fully saturated rings. The molecule has 36 heavy (non-hydrogen) atoms. The zero-order chi connectivity index (χ0) is 25.1. The van der Waals surface area contributed by atoms with Crippen molar-refractivity contribution in [3.63, 3.8) is 0 Å². The second kappa shape index (κ2) is 8.62. The van der Waals surface area contributed by atoms with Gasteiger partial charge in [-0.05, 0) is 59.8 Å². The maximum Gasteiger partial charge on any atom is 0.310 e. The molecule has 0 aromatic heterocycles. The Hall–Kier alpha value is -3.40. The summed E-state index contributed by atoms with van der Waals surface area (Å²) in [6.45, 7) is 4.56. The molecule has 2 bridgehead atoms. The zero-order valence-electron chi connectivity index (χ0n) is 21.2. The van der Waals surface area contributed by atoms with Crippen LogP contribution in [0.4, 0.5) is 0 Å². The van der Waals surface area contributed by atoms with Crippen LogP contribution in [0.2, 0.25) is 0 Å². The van der Waals surface area contributed by atoms with Gasteiger partial charge in [-0.2, -0.15) is 0 Å². The van der Waals surface area contributed by atoms with Crippen molar-refractivity contribution in [2.75, 3.05) is 14.2 Å². The molecule has 5 aliphatic carbocycles. The number of carbonyl (C=O) groups is 2. The molecule has 2 aromatic rings. The quantitative estimate of drug-likeness (QED) is 0.407. The van der Waals surface area contributed by atoms with Gasteiger partial charge in [0.2, 0.25) is 0 Å². The topological polar surface area (TPSA) is 52.6 Å². The predicted octanol–water partition coefficient (Wildman–Crippen LogP) is 5.84. The van der Waals surface area contributed by atoms with Crippen LogP contribution in [-0.2, 0) is 19.1 Å². The minimum Gasteiger partial charge on any atom is -0.469 e. The van der Waals surface area contributed by atoms with Gasteiger partial charge in [0, 0.05) is 11.8 Å². The smallest absolute Gasteiger partial charge is 0.310 e. The van der Waals surface area contributed by atoms with Crippen LogP contribution in [0.3, 0.4) is 0 Å². The number of esters is 2. The highest BCUT2D eigenvalue weighted by Crippen LogP contribution is 2.69. The molecule has 0 radical (unpaired) electrons. The Labute approximate surface area is 212 Å². The molecule has 4 nitrogen and oxygen atoms in total. The standard InChI is InChI=1S/C32H32O4/c1-17-23(19-11-7-5-8-12-19)24(20-13-9-6-10-14-20)18(2)26-25(17)27-21-15-16-22(28(26)27)30(32(34)36-4)29(21)31(33)35-3/h5-16,21-24,27-30H,1-4H3/t21-,22+,23-,24-,27-,28+,29+,30-/m1/s1. The van der Waals surface area contributed by atoms with E-state index in [-0.39, 0.29) is 47.4 Å². The average Bonchev–Trinajstić information content (AvgIpc) is 2.90. The molecule has 7 rings (SSSR count). The van der Waals surface area contributed by atoms with Crippen molar-refractivity contribution in [1.29, 1.82) is 0 Å². The summed E-state index contributed by atoms with van der Waals surface area (Å²) in [6, 6.07) is 21.5. The zero-order valence-corrected chi connectivity index (χ0v) is 21.2. The molecule has 0 aliphatic heterocycles. The van der Waals surface area contributed by atoms with Crippen molar-refractivity contribution in [3.8, 4) is 0 Å². The molecular weight excluding hydrogens is 448 g/mol. The van der Waals surface area contributed by atoms with Crippen LogP contribution in [0.1, 0.15) is 36.8 Å². The third kappa shape index (κ3) is 3.06. The van der Waals surface area contributed by atoms with Gasteiger partial charge in [0.25, 0.3) is 0 Å². The van der Waals surface area contributed by atoms with Gasteiger partial charge in [-0.3, -0.25) is 9.59 Å². The molecule has 0 saturated heterocycles. The minimum atomic E-state index is -0.511. The number of benzene rings is 2. The summed E-state index contributed by atoms with van der Waals surface area (Å²) in [4.78, 5) is 26.0. The maximum absolute atomic E-state index is 13.0. The van der Waals surface area contributed by atoms with Crippen molar-refractivity contribution >= 4 is 11.9 Å². The van der Waals surface area contributed by atoms with E-state index in [1.807, 2.05) is 0 Å². The first-order chi connectivity index (χ1) is 17.5. The van der Waals surface area contributed by atoms with Gasteiger partial charge in [-0.25, -0.2) is 0 Å². The van der Waals surface area contributed by atoms with E-state index in [0.717, 1.165) is 0 Å². The summed E-state index contributed by atoms with van der Waals surface area (Å²) in [5.74, 6) is -0.884. The van der Waals surface area contributed by atoms with E-state index < -0.39 is 11.8 Å². The molecule has 0 heterocycles. The molecular formula is C32H32O4. The summed E-state index contributed by atoms with van der Waals surface area (Å²) >= 11 is 0. The SMILES string of the molecule is COC(=O)[C@@H]1[C@H]2C=C[C@@H]([C@@H]1C(=O)OC)[C@@H]1C3=C(C)[C@H](c4ccccc4)[C@@H](c4ccccc4)C(C)=C3[C@H]21. The van der Waals surface area contributed by atoms with Crippen molar-refractivity contribution in [3.05, 3.63) is 106 Å². The van der Waals surface area contributed by atoms with Crippen molar-refractivity contribution in [2.45, 2.75) is 25.7 Å². The molecule has 0 unspecified atom stereocenters. The van der Waals surface area contributed by atoms with Crippen molar-refractivity contribution in [1.82, 2.24) is 0 Å². The van der Waals surface area contributed by atoms with Gasteiger partial charge in [0.05, 0.1) is 26.1 Å². The first-order valence-electron chi connectivity index (χ1n) is 12.8. The molecule has 5 aliphatic rings. The van der Waals surface area contributed by atoms with E-state index in [1.54, 1.807) is 0 Å². The van der Waals surface area contributed by atoms with Gasteiger partial charge in [-0.1, -0.05) is 84.0 Å². The normalized spacial score (nSPS) is 34.0. The van der Waals surface area contributed by atoms with E-state index in [9.17, 15) is 9.59 Å². The van der Waals surface area contributed by atoms with Crippen LogP contribution >= 0.6 is 0 Å². The molecule has 0 spiro atoms. The first kappa shape index (κ1) is 23.0. The Bertz CT molecular complexity index is 1200. The summed E-state index contributed by atoms with van der Waals surface area (Å²) < 4.78 is 10.4. The van der Waals surface area contributed by atoms with E-state index in [1.165, 1.54) is 47.6 Å². The number of methoxy groups -OCH3 is 2. The number of carbonyl (C=O) groups excluding carboxylic acids is 2. The largest absolute Gasteiger partial charge is 0.469 e. The fraction of sp³-hybridized carbons (Fsp3) is 0.375. The lowest BCUT2D eigenvalue weighted by Gasteiger charge is -2.62. The van der Waals surface area contributed by atoms with Crippen LogP contribution < -0.4 is 0 Å². The van der Waals surface area contributed by atoms with E-state index in [0.29, 0.717) is 0 Å². The van der Waals surface area contributed by atoms with Gasteiger partial charge < -0.3 is 9.47 Å². The second-order valence-electron chi connectivity index (χ2n) is 10.7. The van der Waals surface area contributed by atoms with E-state index in [4.69, 9.17) is 9.47 Å². The van der Waals surface area contributed by atoms with Gasteiger partial charge in [0.1, 0.15) is 0 Å². The van der Waals surface area contributed by atoms with Crippen LogP contribution in [0.15, 0.2) is 95.1 Å². The average molecular weight is 481 g/mol. The number of hydrogen-bond donors (Lipinski definition) is 0. The van der Waals surface area contributed by atoms with E-state index in [2.05, 4.69) is 86.7 Å². The Morgan fingerprint density at radius 3 is 1.31 bits per heavy atom. The highest BCUT2D eigenvalue weighted by molar-refractivity contribution is 5.85. The van der Waals surface area contributed by atoms with Crippen LogP contribution in [0.5, 0.6) is 0 Å². The summed E-state index contributed by atoms with van der Waals surface area (Å²) in [5, 5.41) is 0. The third-order valence-corrected chi connectivity index (χ3v) is 9.32. The number of allylic oxidation sites excluding steroid dienone is 6. The summed E-state index contributed by atoms with van der Waals surface area (Å²) in [5.41, 5.74) is 8.19. The van der Waals surface area contributed by atoms with Gasteiger partial charge in [0.15, 0.2) is 0 Å². The Morgan fingerprint density at radius 1 is 0.611 bits per heavy atom. The number of ether oxygens (including phenoxy) is 2. The monoisotopic (exact) mass is 480 g/mol. The molecule has 2 saturated carbocycles. The second-order valence-corrected chi connectivity index (χ2v) is 10.7. The lowest BCUT2D eigenvalue weighted by atomic mass is 9.40. The van der Waals surface area contributed by atoms with E-state index >= 15 is 0 Å². The summed E-state index contributed by atoms with van der Waals surface area (Å²) in [7, 11) is 2.83. The summed E-state index contributed by atoms with van der Waals surface area (Å²) in [6.07, 6.45) is 4.33. The number of fused-ring (bicyclic) bond motifs is 2. The molecule has 0 amide bonds. The van der Waals surface area contributed by atoms with Crippen LogP contribution in [0, 0.1) is 35.5 Å². The lowest BCUT2D eigenvalue weighted by Crippen LogP contribution is -2.60. The van der Waals surface area contributed by atoms with Crippen LogP contribution in [-0.4, -0.2) is 26.2 Å². The third-order valence-electron chi connectivity index (χ3n) is 9.32. The van der Waals surface area contributed by atoms with Gasteiger partial charge >= 0.3 is 11.9 Å². The van der Waals surface area contributed by atoms with Crippen LogP contribution in [0.25, 0.3) is 0 Å². The molecule has 184 valence electrons. The van der Waals surface area contributed by atoms with Gasteiger partial charge in [-0.15, -0.1) is 0 Å². The fourth-order valence-electron chi connectivity index (χ4n) is 8.02. The van der Waals surface area contributed by atoms with Crippen molar-refractivity contribution < 1.29 is 19.1 Å². The first-order valence-corrected chi connectivity index (χ1v) is 12.8. The Morgan fingerprint density at radius 2 is 0.972 bits per heavy atom. The molecule has 0 N–H and O–H groups in total. The Balaban J connectivity index is 1.53. The highest BCUT2D eigenvalue weighted by atomic mass is 16.5. The fourth-order valence-corrected chi connectivity index (χ4v) is 8.02. The molecule has 2 aromatic carbocycles. The predicted molar refractivity (Wildman–Crippen MR) is 138 cm³/mol. The molecule has 4 heteroatoms. The Kier molecular flexibility index (Phi) is 5.51. The number of rotatable bonds is 4. The van der Waals surface area contributed by atoms with Crippen molar-refractivity contribution in [2.24, 2.45) is 35.5 Å². The molecule has 8 atom stereocenters. The highest BCUT2D eigenvalue weighted by Gasteiger charge is 2.65. The maximum atomic E-state index is 13.0. The number of hydrogen-bond acceptors (Lipinski definition) is 4. The lowest BCUT2D eigenvalue weighted by molar-refractivity contribution is -0.169. The minimum absolute atomic E-state index is 0.0669.